The van der Waals surface area contributed by atoms with Crippen molar-refractivity contribution in [2.24, 2.45) is 5.10 Å². The van der Waals surface area contributed by atoms with Crippen molar-refractivity contribution in [3.05, 3.63) is 70.3 Å². The summed E-state index contributed by atoms with van der Waals surface area (Å²) in [6.07, 6.45) is -1.11. The number of nitrogens with zero attached hydrogens (tertiary/aromatic N) is 3. The Morgan fingerprint density at radius 1 is 1.17 bits per heavy atom. The van der Waals surface area contributed by atoms with Crippen molar-refractivity contribution in [3.63, 3.8) is 0 Å². The summed E-state index contributed by atoms with van der Waals surface area (Å²) >= 11 is 0. The lowest BCUT2D eigenvalue weighted by Gasteiger charge is -2.23. The number of anilines is 1. The van der Waals surface area contributed by atoms with Crippen LogP contribution in [0.25, 0.3) is 0 Å². The summed E-state index contributed by atoms with van der Waals surface area (Å²) in [6, 6.07) is 14.0. The number of carbonyl (C=O) groups excluding carboxylic acids is 1. The van der Waals surface area contributed by atoms with E-state index in [1.54, 1.807) is 12.1 Å². The number of ketones is 1. The molecule has 0 radical (unpaired) electrons. The molecule has 24 heavy (non-hydrogen) atoms. The molecular formula is C17H15N3O4. The molecule has 0 saturated heterocycles. The van der Waals surface area contributed by atoms with Crippen LogP contribution in [0.4, 0.5) is 11.4 Å². The fraction of sp³-hybridized carbons (Fsp3) is 0.176. The second-order valence-electron chi connectivity index (χ2n) is 5.47. The normalized spacial score (nSPS) is 19.9. The molecule has 0 aromatic heterocycles. The number of rotatable bonds is 4. The number of aliphatic hydroxyl groups is 1. The lowest BCUT2D eigenvalue weighted by Crippen LogP contribution is -2.42. The van der Waals surface area contributed by atoms with Crippen LogP contribution in [0.3, 0.4) is 0 Å². The first-order chi connectivity index (χ1) is 11.5. The summed E-state index contributed by atoms with van der Waals surface area (Å²) in [6.45, 7) is 1.40. The number of hydrazone groups is 1. The van der Waals surface area contributed by atoms with Gasteiger partial charge in [0.2, 0.25) is 0 Å². The van der Waals surface area contributed by atoms with E-state index in [9.17, 15) is 20.0 Å². The van der Waals surface area contributed by atoms with E-state index in [0.717, 1.165) is 0 Å². The maximum atomic E-state index is 12.0. The zero-order chi connectivity index (χ0) is 17.3. The molecule has 0 spiro atoms. The van der Waals surface area contributed by atoms with Crippen molar-refractivity contribution in [1.29, 1.82) is 0 Å². The van der Waals surface area contributed by atoms with Crippen molar-refractivity contribution in [3.8, 4) is 0 Å². The van der Waals surface area contributed by atoms with Gasteiger partial charge in [-0.05, 0) is 31.2 Å². The van der Waals surface area contributed by atoms with E-state index >= 15 is 0 Å². The maximum Gasteiger partial charge on any atom is 0.269 e. The molecule has 1 aliphatic rings. The van der Waals surface area contributed by atoms with Crippen LogP contribution in [-0.4, -0.2) is 33.7 Å². The Balaban J connectivity index is 2.01. The molecule has 2 unspecified atom stereocenters. The fourth-order valence-corrected chi connectivity index (χ4v) is 2.70. The van der Waals surface area contributed by atoms with E-state index in [1.165, 1.54) is 36.2 Å². The van der Waals surface area contributed by atoms with Crippen LogP contribution in [0, 0.1) is 10.1 Å². The molecule has 3 rings (SSSR count). The number of nitro groups is 1. The molecular weight excluding hydrogens is 310 g/mol. The van der Waals surface area contributed by atoms with E-state index in [2.05, 4.69) is 5.10 Å². The van der Waals surface area contributed by atoms with Crippen molar-refractivity contribution in [1.82, 2.24) is 0 Å². The van der Waals surface area contributed by atoms with Crippen molar-refractivity contribution < 1.29 is 14.8 Å². The van der Waals surface area contributed by atoms with Crippen LogP contribution >= 0.6 is 0 Å². The molecule has 1 aliphatic heterocycles. The average Bonchev–Trinajstić information content (AvgIpc) is 2.93. The summed E-state index contributed by atoms with van der Waals surface area (Å²) < 4.78 is 0. The summed E-state index contributed by atoms with van der Waals surface area (Å²) in [4.78, 5) is 22.3. The van der Waals surface area contributed by atoms with Crippen LogP contribution in [0.5, 0.6) is 0 Å². The van der Waals surface area contributed by atoms with Gasteiger partial charge in [0.05, 0.1) is 16.3 Å². The highest BCUT2D eigenvalue weighted by atomic mass is 16.6. The van der Waals surface area contributed by atoms with E-state index < -0.39 is 17.1 Å². The molecule has 2 aromatic rings. The van der Waals surface area contributed by atoms with Gasteiger partial charge in [0.15, 0.2) is 5.78 Å². The first-order valence-corrected chi connectivity index (χ1v) is 7.35. The van der Waals surface area contributed by atoms with Crippen molar-refractivity contribution >= 4 is 22.9 Å². The monoisotopic (exact) mass is 325 g/mol. The van der Waals surface area contributed by atoms with Gasteiger partial charge in [0.1, 0.15) is 12.1 Å². The van der Waals surface area contributed by atoms with Gasteiger partial charge in [-0.1, -0.05) is 18.2 Å². The highest BCUT2D eigenvalue weighted by molar-refractivity contribution is 6.10. The zero-order valence-corrected chi connectivity index (χ0v) is 12.9. The number of Topliss-reactive ketones (excluding diaryl/α,β-unsaturated/α-hetero) is 1. The minimum atomic E-state index is -1.11. The Morgan fingerprint density at radius 2 is 1.79 bits per heavy atom. The molecule has 7 heteroatoms. The Kier molecular flexibility index (Phi) is 4.09. The molecule has 0 aliphatic carbocycles. The molecule has 7 nitrogen and oxygen atoms in total. The number of carbonyl (C=O) groups is 1. The molecule has 1 N–H and O–H groups in total. The number of benzene rings is 2. The number of hydrogen-bond acceptors (Lipinski definition) is 6. The van der Waals surface area contributed by atoms with Crippen molar-refractivity contribution in [2.45, 2.75) is 19.1 Å². The first kappa shape index (κ1) is 15.8. The van der Waals surface area contributed by atoms with Gasteiger partial charge in [-0.3, -0.25) is 19.9 Å². The van der Waals surface area contributed by atoms with E-state index in [0.29, 0.717) is 17.0 Å². The standard InChI is InChI=1S/C17H15N3O4/c1-11(21)16-17(22)15(12-7-9-14(10-8-12)20(23)24)18-19(16)13-5-3-2-4-6-13/h2-10,16-17,22H,1H3. The maximum absolute atomic E-state index is 12.0. The Hall–Kier alpha value is -3.06. The highest BCUT2D eigenvalue weighted by Gasteiger charge is 2.40. The third kappa shape index (κ3) is 2.77. The third-order valence-electron chi connectivity index (χ3n) is 3.87. The van der Waals surface area contributed by atoms with Gasteiger partial charge in [-0.25, -0.2) is 0 Å². The minimum Gasteiger partial charge on any atom is -0.384 e. The van der Waals surface area contributed by atoms with E-state index in [-0.39, 0.29) is 11.5 Å². The van der Waals surface area contributed by atoms with E-state index in [1.807, 2.05) is 18.2 Å². The molecule has 0 fully saturated rings. The fourth-order valence-electron chi connectivity index (χ4n) is 2.70. The number of hydrogen-bond donors (Lipinski definition) is 1. The highest BCUT2D eigenvalue weighted by Crippen LogP contribution is 2.28. The predicted molar refractivity (Wildman–Crippen MR) is 89.0 cm³/mol. The Labute approximate surface area is 138 Å². The van der Waals surface area contributed by atoms with Gasteiger partial charge in [-0.2, -0.15) is 5.10 Å². The summed E-state index contributed by atoms with van der Waals surface area (Å²) in [5, 5.41) is 27.2. The lowest BCUT2D eigenvalue weighted by atomic mass is 9.98. The quantitative estimate of drug-likeness (QED) is 0.686. The second kappa shape index (κ2) is 6.21. The molecule has 122 valence electrons. The zero-order valence-electron chi connectivity index (χ0n) is 12.9. The number of nitro benzene ring substituents is 1. The number of non-ortho nitro benzene ring substituents is 1. The van der Waals surface area contributed by atoms with Crippen molar-refractivity contribution in [2.75, 3.05) is 5.01 Å². The van der Waals surface area contributed by atoms with Crippen LogP contribution in [0.15, 0.2) is 59.7 Å². The van der Waals surface area contributed by atoms with Gasteiger partial charge in [0, 0.05) is 17.7 Å². The molecule has 2 aromatic carbocycles. The first-order valence-electron chi connectivity index (χ1n) is 7.35. The SMILES string of the molecule is CC(=O)C1C(O)C(c2ccc([N+](=O)[O-])cc2)=NN1c1ccccc1. The van der Waals surface area contributed by atoms with Gasteiger partial charge in [-0.15, -0.1) is 0 Å². The van der Waals surface area contributed by atoms with Gasteiger partial charge in [0.25, 0.3) is 5.69 Å². The largest absolute Gasteiger partial charge is 0.384 e. The van der Waals surface area contributed by atoms with Gasteiger partial charge < -0.3 is 5.11 Å². The number of para-hydroxylation sites is 1. The molecule has 0 saturated carbocycles. The summed E-state index contributed by atoms with van der Waals surface area (Å²) in [5.74, 6) is -0.216. The topological polar surface area (TPSA) is 96.0 Å². The smallest absolute Gasteiger partial charge is 0.269 e. The van der Waals surface area contributed by atoms with Crippen LogP contribution < -0.4 is 5.01 Å². The Bertz CT molecular complexity index is 802. The summed E-state index contributed by atoms with van der Waals surface area (Å²) in [5.41, 5.74) is 1.50. The second-order valence-corrected chi connectivity index (χ2v) is 5.47. The minimum absolute atomic E-state index is 0.0464. The van der Waals surface area contributed by atoms with Gasteiger partial charge >= 0.3 is 0 Å². The summed E-state index contributed by atoms with van der Waals surface area (Å²) in [7, 11) is 0. The molecule has 0 bridgehead atoms. The average molecular weight is 325 g/mol. The van der Waals surface area contributed by atoms with Crippen LogP contribution in [-0.2, 0) is 4.79 Å². The molecule has 2 atom stereocenters. The molecule has 0 amide bonds. The number of aliphatic hydroxyl groups excluding tert-OH is 1. The lowest BCUT2D eigenvalue weighted by molar-refractivity contribution is -0.384. The van der Waals surface area contributed by atoms with E-state index in [4.69, 9.17) is 0 Å². The van der Waals surface area contributed by atoms with Crippen LogP contribution in [0.1, 0.15) is 12.5 Å². The third-order valence-corrected chi connectivity index (χ3v) is 3.87. The molecule has 1 heterocycles. The Morgan fingerprint density at radius 3 is 2.33 bits per heavy atom. The predicted octanol–water partition coefficient (Wildman–Crippen LogP) is 2.14. The van der Waals surface area contributed by atoms with Crippen LogP contribution in [0.2, 0.25) is 0 Å².